The number of nitrogens with one attached hydrogen (secondary N) is 2. The zero-order valence-electron chi connectivity index (χ0n) is 18.0. The second-order valence-electron chi connectivity index (χ2n) is 8.78. The van der Waals surface area contributed by atoms with Gasteiger partial charge in [0.15, 0.2) is 14.9 Å². The van der Waals surface area contributed by atoms with Crippen molar-refractivity contribution >= 4 is 20.9 Å². The van der Waals surface area contributed by atoms with Crippen molar-refractivity contribution in [3.05, 3.63) is 54.1 Å². The summed E-state index contributed by atoms with van der Waals surface area (Å²) in [4.78, 5) is 15.9. The number of aryl methyl sites for hydroxylation is 1. The molecule has 0 aromatic carbocycles. The van der Waals surface area contributed by atoms with E-state index in [0.29, 0.717) is 35.4 Å². The van der Waals surface area contributed by atoms with Crippen LogP contribution in [0.4, 0.5) is 8.78 Å². The van der Waals surface area contributed by atoms with Crippen molar-refractivity contribution in [1.82, 2.24) is 35.0 Å². The van der Waals surface area contributed by atoms with E-state index >= 15 is 4.39 Å². The highest BCUT2D eigenvalue weighted by Gasteiger charge is 2.48. The largest absolute Gasteiger partial charge is 0.346 e. The summed E-state index contributed by atoms with van der Waals surface area (Å²) in [5.41, 5.74) is 1.21. The van der Waals surface area contributed by atoms with Gasteiger partial charge in [-0.15, -0.1) is 0 Å². The molecule has 0 aliphatic carbocycles. The summed E-state index contributed by atoms with van der Waals surface area (Å²) in [5, 5.41) is 8.30. The van der Waals surface area contributed by atoms with Gasteiger partial charge in [0.2, 0.25) is 0 Å². The Morgan fingerprint density at radius 2 is 2.18 bits per heavy atom. The fourth-order valence-corrected chi connectivity index (χ4v) is 6.68. The van der Waals surface area contributed by atoms with E-state index in [1.54, 1.807) is 18.6 Å². The van der Waals surface area contributed by atoms with Crippen LogP contribution in [0.3, 0.4) is 0 Å². The van der Waals surface area contributed by atoms with Gasteiger partial charge in [-0.2, -0.15) is 5.10 Å². The van der Waals surface area contributed by atoms with Gasteiger partial charge in [-0.1, -0.05) is 0 Å². The van der Waals surface area contributed by atoms with E-state index in [-0.39, 0.29) is 29.4 Å². The number of alkyl halides is 1. The molecule has 4 aromatic heterocycles. The third-order valence-electron chi connectivity index (χ3n) is 6.94. The Hall–Kier alpha value is -3.25. The zero-order valence-corrected chi connectivity index (χ0v) is 18.8. The van der Waals surface area contributed by atoms with Crippen molar-refractivity contribution in [3.63, 3.8) is 0 Å². The molecule has 4 aromatic rings. The standard InChI is InChI=1S/C22H21F2N7O2S/c23-8-17(31-10-14(9-29-31)18-15-1-4-26-20(15)28-12-27-18)22(3-5-25-11-22)19-16(24)7-13-2-6-34(32,33)21(13)30-19/h1,4,7,9-10,12,17,25H,2-3,5-6,8,11H2,(H,26,27,28)/t17?,22-/m0/s1. The maximum Gasteiger partial charge on any atom is 0.196 e. The third kappa shape index (κ3) is 3.08. The summed E-state index contributed by atoms with van der Waals surface area (Å²) in [5.74, 6) is -0.708. The fraction of sp³-hybridized carbons (Fsp3) is 0.364. The summed E-state index contributed by atoms with van der Waals surface area (Å²) in [7, 11) is -3.58. The minimum Gasteiger partial charge on any atom is -0.346 e. The highest BCUT2D eigenvalue weighted by atomic mass is 32.2. The number of halogens is 2. The number of aromatic amines is 1. The van der Waals surface area contributed by atoms with Crippen molar-refractivity contribution in [2.45, 2.75) is 29.3 Å². The lowest BCUT2D eigenvalue weighted by Crippen LogP contribution is -2.42. The Morgan fingerprint density at radius 3 is 2.97 bits per heavy atom. The monoisotopic (exact) mass is 485 g/mol. The van der Waals surface area contributed by atoms with Gasteiger partial charge in [0.05, 0.1) is 34.8 Å². The number of fused-ring (bicyclic) bond motifs is 2. The minimum atomic E-state index is -3.58. The van der Waals surface area contributed by atoms with Gasteiger partial charge in [0, 0.05) is 29.9 Å². The van der Waals surface area contributed by atoms with Gasteiger partial charge in [-0.25, -0.2) is 32.2 Å². The molecule has 0 amide bonds. The Kier molecular flexibility index (Phi) is 4.78. The van der Waals surface area contributed by atoms with Gasteiger partial charge in [0.1, 0.15) is 24.5 Å². The second-order valence-corrected chi connectivity index (χ2v) is 10.8. The number of hydrogen-bond donors (Lipinski definition) is 2. The van der Waals surface area contributed by atoms with E-state index in [2.05, 4.69) is 30.4 Å². The van der Waals surface area contributed by atoms with Gasteiger partial charge in [-0.05, 0) is 37.1 Å². The Labute approximate surface area is 193 Å². The van der Waals surface area contributed by atoms with Crippen LogP contribution in [-0.2, 0) is 21.7 Å². The SMILES string of the molecule is O=S1(=O)CCc2cc(F)c([C@@]3(C(CF)n4cc(-c5ncnc6[nH]ccc56)cn4)CCNC3)nc21. The summed E-state index contributed by atoms with van der Waals surface area (Å²) < 4.78 is 56.5. The summed E-state index contributed by atoms with van der Waals surface area (Å²) in [6, 6.07) is 2.20. The first-order chi connectivity index (χ1) is 16.4. The minimum absolute atomic E-state index is 0.0310. The van der Waals surface area contributed by atoms with E-state index in [0.717, 1.165) is 5.39 Å². The molecule has 0 saturated carbocycles. The lowest BCUT2D eigenvalue weighted by molar-refractivity contribution is 0.205. The number of hydrogen-bond acceptors (Lipinski definition) is 7. The van der Waals surface area contributed by atoms with Crippen molar-refractivity contribution < 1.29 is 17.2 Å². The smallest absolute Gasteiger partial charge is 0.196 e. The van der Waals surface area contributed by atoms with E-state index in [9.17, 15) is 12.8 Å². The van der Waals surface area contributed by atoms with Crippen LogP contribution in [0.5, 0.6) is 0 Å². The third-order valence-corrected chi connectivity index (χ3v) is 8.63. The van der Waals surface area contributed by atoms with Crippen molar-refractivity contribution in [3.8, 4) is 11.3 Å². The lowest BCUT2D eigenvalue weighted by atomic mass is 9.76. The molecule has 2 N–H and O–H groups in total. The van der Waals surface area contributed by atoms with Crippen LogP contribution < -0.4 is 5.32 Å². The zero-order chi connectivity index (χ0) is 23.5. The van der Waals surface area contributed by atoms with E-state index in [4.69, 9.17) is 0 Å². The van der Waals surface area contributed by atoms with Crippen LogP contribution in [0.15, 0.2) is 42.1 Å². The van der Waals surface area contributed by atoms with Crippen LogP contribution in [0, 0.1) is 5.82 Å². The van der Waals surface area contributed by atoms with Crippen LogP contribution >= 0.6 is 0 Å². The predicted octanol–water partition coefficient (Wildman–Crippen LogP) is 2.13. The molecule has 0 bridgehead atoms. The van der Waals surface area contributed by atoms with Crippen LogP contribution in [0.1, 0.15) is 23.7 Å². The molecule has 1 saturated heterocycles. The van der Waals surface area contributed by atoms with Crippen molar-refractivity contribution in [2.24, 2.45) is 0 Å². The Bertz CT molecular complexity index is 1510. The van der Waals surface area contributed by atoms with Gasteiger partial charge in [-0.3, -0.25) is 4.68 Å². The maximum atomic E-state index is 15.4. The van der Waals surface area contributed by atoms with Crippen LogP contribution in [-0.4, -0.2) is 63.7 Å². The average Bonchev–Trinajstić information content (AvgIpc) is 3.61. The highest BCUT2D eigenvalue weighted by Crippen LogP contribution is 2.43. The van der Waals surface area contributed by atoms with Crippen LogP contribution in [0.25, 0.3) is 22.3 Å². The number of nitrogens with zero attached hydrogens (tertiary/aromatic N) is 5. The summed E-state index contributed by atoms with van der Waals surface area (Å²) in [6.45, 7) is -0.0718. The molecule has 12 heteroatoms. The fourth-order valence-electron chi connectivity index (χ4n) is 5.21. The number of H-pyrrole nitrogens is 1. The molecule has 0 radical (unpaired) electrons. The number of pyridine rings is 1. The maximum absolute atomic E-state index is 15.4. The number of aromatic nitrogens is 6. The molecule has 0 spiro atoms. The first-order valence-electron chi connectivity index (χ1n) is 10.9. The van der Waals surface area contributed by atoms with Crippen LogP contribution in [0.2, 0.25) is 0 Å². The molecule has 2 aliphatic heterocycles. The molecule has 2 atom stereocenters. The predicted molar refractivity (Wildman–Crippen MR) is 119 cm³/mol. The summed E-state index contributed by atoms with van der Waals surface area (Å²) in [6.07, 6.45) is 7.08. The van der Waals surface area contributed by atoms with Gasteiger partial charge >= 0.3 is 0 Å². The first-order valence-corrected chi connectivity index (χ1v) is 12.6. The van der Waals surface area contributed by atoms with Crippen molar-refractivity contribution in [1.29, 1.82) is 0 Å². The number of rotatable bonds is 5. The summed E-state index contributed by atoms with van der Waals surface area (Å²) >= 11 is 0. The van der Waals surface area contributed by atoms with Gasteiger partial charge < -0.3 is 10.3 Å². The van der Waals surface area contributed by atoms with Crippen molar-refractivity contribution in [2.75, 3.05) is 25.5 Å². The first kappa shape index (κ1) is 21.3. The molecule has 1 unspecified atom stereocenters. The molecule has 1 fully saturated rings. The molecule has 34 heavy (non-hydrogen) atoms. The van der Waals surface area contributed by atoms with E-state index < -0.39 is 33.8 Å². The molecule has 9 nitrogen and oxygen atoms in total. The average molecular weight is 486 g/mol. The van der Waals surface area contributed by atoms with Gasteiger partial charge in [0.25, 0.3) is 0 Å². The topological polar surface area (TPSA) is 118 Å². The Balaban J connectivity index is 1.47. The quantitative estimate of drug-likeness (QED) is 0.445. The molecule has 2 aliphatic rings. The van der Waals surface area contributed by atoms with E-state index in [1.807, 2.05) is 6.07 Å². The molecule has 6 heterocycles. The highest BCUT2D eigenvalue weighted by molar-refractivity contribution is 7.91. The second kappa shape index (κ2) is 7.64. The molecular weight excluding hydrogens is 464 g/mol. The molecule has 176 valence electrons. The Morgan fingerprint density at radius 1 is 1.29 bits per heavy atom. The normalized spacial score (nSPS) is 22.3. The lowest BCUT2D eigenvalue weighted by Gasteiger charge is -2.35. The van der Waals surface area contributed by atoms with E-state index in [1.165, 1.54) is 17.1 Å². The molecular formula is C22H21F2N7O2S. The molecule has 6 rings (SSSR count). The number of sulfone groups is 1.